The molecule has 0 aliphatic carbocycles. The number of hydrogen-bond donors (Lipinski definition) is 4. The molecule has 11 heteroatoms. The molecule has 2 aromatic heterocycles. The standard InChI is InChI=1S/C16H21N5O5S/c1-8-5-21(16(25)20-14(8)23)13-3-11(22)12(26-13)4-18-15(24)10(17)2-9-6-27-7-19-9/h5-7,10-13,22H,2-4,17H2,1H3,(H,18,24)(H,20,23,25)/t10-,11+,12-,13-/m1/s1. The fourth-order valence-electron chi connectivity index (χ4n) is 2.86. The zero-order valence-electron chi connectivity index (χ0n) is 14.6. The van der Waals surface area contributed by atoms with E-state index in [1.807, 2.05) is 5.38 Å². The molecule has 0 saturated carbocycles. The molecule has 0 bridgehead atoms. The summed E-state index contributed by atoms with van der Waals surface area (Å²) in [7, 11) is 0. The van der Waals surface area contributed by atoms with E-state index in [0.717, 1.165) is 5.69 Å². The number of ether oxygens (including phenoxy) is 1. The summed E-state index contributed by atoms with van der Waals surface area (Å²) in [5.41, 5.74) is 7.56. The number of aromatic nitrogens is 3. The number of nitrogens with one attached hydrogen (secondary N) is 2. The van der Waals surface area contributed by atoms with Gasteiger partial charge < -0.3 is 20.9 Å². The average molecular weight is 395 g/mol. The van der Waals surface area contributed by atoms with E-state index in [1.165, 1.54) is 22.1 Å². The van der Waals surface area contributed by atoms with Crippen molar-refractivity contribution in [2.45, 2.75) is 44.2 Å². The number of aliphatic hydroxyl groups is 1. The highest BCUT2D eigenvalue weighted by Gasteiger charge is 2.36. The summed E-state index contributed by atoms with van der Waals surface area (Å²) in [4.78, 5) is 41.8. The molecule has 10 nitrogen and oxygen atoms in total. The largest absolute Gasteiger partial charge is 0.390 e. The van der Waals surface area contributed by atoms with Gasteiger partial charge in [0.15, 0.2) is 0 Å². The molecule has 0 spiro atoms. The quantitative estimate of drug-likeness (QED) is 0.471. The molecule has 1 amide bonds. The van der Waals surface area contributed by atoms with Crippen LogP contribution in [0, 0.1) is 6.92 Å². The van der Waals surface area contributed by atoms with E-state index in [4.69, 9.17) is 10.5 Å². The lowest BCUT2D eigenvalue weighted by Crippen LogP contribution is -2.46. The maximum absolute atomic E-state index is 12.1. The van der Waals surface area contributed by atoms with E-state index in [1.54, 1.807) is 12.4 Å². The molecule has 27 heavy (non-hydrogen) atoms. The molecular weight excluding hydrogens is 374 g/mol. The van der Waals surface area contributed by atoms with E-state index in [0.29, 0.717) is 12.0 Å². The number of nitrogens with two attached hydrogens (primary N) is 1. The Bertz CT molecular complexity index is 909. The van der Waals surface area contributed by atoms with E-state index < -0.39 is 35.7 Å². The number of nitrogens with zero attached hydrogens (tertiary/aromatic N) is 2. The second kappa shape index (κ2) is 8.13. The van der Waals surface area contributed by atoms with Crippen molar-refractivity contribution in [3.8, 4) is 0 Å². The summed E-state index contributed by atoms with van der Waals surface area (Å²) in [5, 5.41) is 14.7. The number of carbonyl (C=O) groups is 1. The predicted octanol–water partition coefficient (Wildman–Crippen LogP) is -1.36. The van der Waals surface area contributed by atoms with Crippen LogP contribution in [0.2, 0.25) is 0 Å². The molecular formula is C16H21N5O5S. The number of aliphatic hydroxyl groups excluding tert-OH is 1. The maximum atomic E-state index is 12.1. The maximum Gasteiger partial charge on any atom is 0.330 e. The summed E-state index contributed by atoms with van der Waals surface area (Å²) < 4.78 is 6.93. The number of amides is 1. The third kappa shape index (κ3) is 4.50. The van der Waals surface area contributed by atoms with Crippen LogP contribution in [0.5, 0.6) is 0 Å². The van der Waals surface area contributed by atoms with Gasteiger partial charge in [-0.25, -0.2) is 9.78 Å². The Morgan fingerprint density at radius 3 is 3.07 bits per heavy atom. The second-order valence-electron chi connectivity index (χ2n) is 6.45. The van der Waals surface area contributed by atoms with Gasteiger partial charge in [0, 0.05) is 36.5 Å². The minimum Gasteiger partial charge on any atom is -0.390 e. The first-order valence-corrected chi connectivity index (χ1v) is 9.35. The first kappa shape index (κ1) is 19.4. The second-order valence-corrected chi connectivity index (χ2v) is 7.17. The molecule has 5 N–H and O–H groups in total. The Kier molecular flexibility index (Phi) is 5.85. The Balaban J connectivity index is 1.57. The molecule has 0 unspecified atom stereocenters. The van der Waals surface area contributed by atoms with Crippen LogP contribution in [0.1, 0.15) is 23.9 Å². The number of aryl methyl sites for hydroxylation is 1. The van der Waals surface area contributed by atoms with Crippen LogP contribution in [0.25, 0.3) is 0 Å². The van der Waals surface area contributed by atoms with Gasteiger partial charge in [-0.15, -0.1) is 11.3 Å². The molecule has 3 heterocycles. The van der Waals surface area contributed by atoms with Crippen molar-refractivity contribution in [3.05, 3.63) is 49.2 Å². The lowest BCUT2D eigenvalue weighted by atomic mass is 10.1. The Morgan fingerprint density at radius 1 is 1.59 bits per heavy atom. The predicted molar refractivity (Wildman–Crippen MR) is 97.4 cm³/mol. The van der Waals surface area contributed by atoms with Crippen molar-refractivity contribution in [1.29, 1.82) is 0 Å². The van der Waals surface area contributed by atoms with Crippen molar-refractivity contribution < 1.29 is 14.6 Å². The highest BCUT2D eigenvalue weighted by atomic mass is 32.1. The van der Waals surface area contributed by atoms with Gasteiger partial charge in [-0.05, 0) is 6.92 Å². The highest BCUT2D eigenvalue weighted by molar-refractivity contribution is 7.07. The summed E-state index contributed by atoms with van der Waals surface area (Å²) >= 11 is 1.43. The summed E-state index contributed by atoms with van der Waals surface area (Å²) in [6.45, 7) is 1.62. The van der Waals surface area contributed by atoms with Crippen molar-refractivity contribution >= 4 is 17.2 Å². The van der Waals surface area contributed by atoms with Crippen LogP contribution >= 0.6 is 11.3 Å². The normalized spacial score (nSPS) is 23.3. The number of hydrogen-bond acceptors (Lipinski definition) is 8. The van der Waals surface area contributed by atoms with Crippen LogP contribution in [0.4, 0.5) is 0 Å². The summed E-state index contributed by atoms with van der Waals surface area (Å²) in [5.74, 6) is -0.376. The van der Waals surface area contributed by atoms with Gasteiger partial charge in [0.25, 0.3) is 5.56 Å². The van der Waals surface area contributed by atoms with E-state index in [9.17, 15) is 19.5 Å². The van der Waals surface area contributed by atoms with E-state index >= 15 is 0 Å². The first-order chi connectivity index (χ1) is 12.8. The van der Waals surface area contributed by atoms with Gasteiger partial charge in [0.1, 0.15) is 12.3 Å². The fraction of sp³-hybridized carbons (Fsp3) is 0.500. The third-order valence-corrected chi connectivity index (χ3v) is 5.02. The molecule has 1 fully saturated rings. The van der Waals surface area contributed by atoms with Crippen LogP contribution in [-0.4, -0.2) is 50.3 Å². The molecule has 1 aliphatic rings. The minimum atomic E-state index is -0.871. The zero-order valence-corrected chi connectivity index (χ0v) is 15.4. The van der Waals surface area contributed by atoms with Gasteiger partial charge in [0.2, 0.25) is 5.91 Å². The number of rotatable bonds is 6. The molecule has 2 aromatic rings. The van der Waals surface area contributed by atoms with Crippen molar-refractivity contribution in [2.75, 3.05) is 6.54 Å². The van der Waals surface area contributed by atoms with E-state index in [2.05, 4.69) is 15.3 Å². The van der Waals surface area contributed by atoms with Gasteiger partial charge in [-0.3, -0.25) is 19.1 Å². The van der Waals surface area contributed by atoms with Crippen molar-refractivity contribution in [2.24, 2.45) is 5.73 Å². The Morgan fingerprint density at radius 2 is 2.37 bits per heavy atom. The molecule has 0 aromatic carbocycles. The van der Waals surface area contributed by atoms with Crippen LogP contribution in [-0.2, 0) is 16.0 Å². The molecule has 1 aliphatic heterocycles. The van der Waals surface area contributed by atoms with Crippen molar-refractivity contribution in [3.63, 3.8) is 0 Å². The van der Waals surface area contributed by atoms with Gasteiger partial charge in [0.05, 0.1) is 23.4 Å². The third-order valence-electron chi connectivity index (χ3n) is 4.39. The molecule has 3 rings (SSSR count). The van der Waals surface area contributed by atoms with Gasteiger partial charge >= 0.3 is 5.69 Å². The van der Waals surface area contributed by atoms with Crippen LogP contribution in [0.3, 0.4) is 0 Å². The molecule has 146 valence electrons. The van der Waals surface area contributed by atoms with Gasteiger partial charge in [-0.1, -0.05) is 0 Å². The molecule has 0 radical (unpaired) electrons. The number of thiazole rings is 1. The van der Waals surface area contributed by atoms with Gasteiger partial charge in [-0.2, -0.15) is 0 Å². The number of aromatic amines is 1. The van der Waals surface area contributed by atoms with E-state index in [-0.39, 0.29) is 18.9 Å². The van der Waals surface area contributed by atoms with Crippen LogP contribution < -0.4 is 22.3 Å². The monoisotopic (exact) mass is 395 g/mol. The topological polar surface area (TPSA) is 152 Å². The lowest BCUT2D eigenvalue weighted by molar-refractivity contribution is -0.123. The smallest absolute Gasteiger partial charge is 0.330 e. The Labute approximate surface area is 158 Å². The Hall–Kier alpha value is -2.34. The molecule has 1 saturated heterocycles. The number of H-pyrrole nitrogens is 1. The molecule has 4 atom stereocenters. The first-order valence-electron chi connectivity index (χ1n) is 8.41. The van der Waals surface area contributed by atoms with Crippen molar-refractivity contribution in [1.82, 2.24) is 19.9 Å². The lowest BCUT2D eigenvalue weighted by Gasteiger charge is -2.18. The summed E-state index contributed by atoms with van der Waals surface area (Å²) in [6, 6.07) is -0.758. The summed E-state index contributed by atoms with van der Waals surface area (Å²) in [6.07, 6.45) is -0.416. The highest BCUT2D eigenvalue weighted by Crippen LogP contribution is 2.27. The zero-order chi connectivity index (χ0) is 19.6. The SMILES string of the molecule is Cc1cn([C@H]2C[C@H](O)[C@@H](CNC(=O)[C@H](N)Cc3cscn3)O2)c(=O)[nH]c1=O. The number of carbonyl (C=O) groups excluding carboxylic acids is 1. The minimum absolute atomic E-state index is 0.0539. The average Bonchev–Trinajstić information content (AvgIpc) is 3.25. The fourth-order valence-corrected chi connectivity index (χ4v) is 3.43. The van der Waals surface area contributed by atoms with Crippen LogP contribution in [0.15, 0.2) is 26.7 Å².